The van der Waals surface area contributed by atoms with Crippen LogP contribution in [-0.2, 0) is 11.3 Å². The summed E-state index contributed by atoms with van der Waals surface area (Å²) in [5.41, 5.74) is 5.30. The van der Waals surface area contributed by atoms with Gasteiger partial charge in [0.1, 0.15) is 11.9 Å². The molecule has 0 saturated carbocycles. The topological polar surface area (TPSA) is 103 Å². The molecule has 2 fully saturated rings. The van der Waals surface area contributed by atoms with E-state index in [0.29, 0.717) is 17.7 Å². The van der Waals surface area contributed by atoms with E-state index in [1.54, 1.807) is 19.3 Å². The second-order valence-electron chi connectivity index (χ2n) is 9.16. The molecule has 0 bridgehead atoms. The van der Waals surface area contributed by atoms with Crippen molar-refractivity contribution in [1.29, 1.82) is 0 Å². The van der Waals surface area contributed by atoms with Crippen molar-refractivity contribution in [3.63, 3.8) is 0 Å². The van der Waals surface area contributed by atoms with Gasteiger partial charge in [-0.15, -0.1) is 0 Å². The number of pyridine rings is 2. The number of aliphatic hydroxyl groups excluding tert-OH is 1. The summed E-state index contributed by atoms with van der Waals surface area (Å²) in [5, 5.41) is 16.1. The SMILES string of the molecule is CCC1=Cc2ncc(CN3CCN(c4ccc(C(=O)NC)nc4)C[C@H]3C3COC3)cc2NC1O. The maximum Gasteiger partial charge on any atom is 0.269 e. The Bertz CT molecular complexity index is 1070. The summed E-state index contributed by atoms with van der Waals surface area (Å²) in [5.74, 6) is 0.310. The molecule has 0 aliphatic carbocycles. The molecule has 0 aromatic carbocycles. The van der Waals surface area contributed by atoms with E-state index in [1.165, 1.54) is 0 Å². The maximum absolute atomic E-state index is 11.8. The summed E-state index contributed by atoms with van der Waals surface area (Å²) in [6, 6.07) is 6.21. The Morgan fingerprint density at radius 2 is 2.12 bits per heavy atom. The van der Waals surface area contributed by atoms with Crippen molar-refractivity contribution in [2.75, 3.05) is 50.1 Å². The van der Waals surface area contributed by atoms with E-state index in [-0.39, 0.29) is 5.91 Å². The van der Waals surface area contributed by atoms with Crippen molar-refractivity contribution < 1.29 is 14.6 Å². The molecule has 9 heteroatoms. The van der Waals surface area contributed by atoms with E-state index >= 15 is 0 Å². The first-order valence-corrected chi connectivity index (χ1v) is 11.9. The van der Waals surface area contributed by atoms with Gasteiger partial charge in [-0.2, -0.15) is 0 Å². The van der Waals surface area contributed by atoms with Gasteiger partial charge in [-0.05, 0) is 41.8 Å². The van der Waals surface area contributed by atoms with Crippen LogP contribution in [0, 0.1) is 5.92 Å². The van der Waals surface area contributed by atoms with Crippen LogP contribution in [0.1, 0.15) is 35.1 Å². The Kier molecular flexibility index (Phi) is 6.49. The fraction of sp³-hybridized carbons (Fsp3) is 0.480. The largest absolute Gasteiger partial charge is 0.381 e. The molecule has 2 atom stereocenters. The number of amides is 1. The molecule has 5 rings (SSSR count). The molecule has 1 unspecified atom stereocenters. The number of piperazine rings is 1. The van der Waals surface area contributed by atoms with Gasteiger partial charge in [-0.1, -0.05) is 6.92 Å². The molecule has 3 aliphatic rings. The summed E-state index contributed by atoms with van der Waals surface area (Å²) in [6.07, 6.45) is 5.86. The van der Waals surface area contributed by atoms with E-state index in [9.17, 15) is 9.90 Å². The van der Waals surface area contributed by atoms with Gasteiger partial charge >= 0.3 is 0 Å². The highest BCUT2D eigenvalue weighted by molar-refractivity contribution is 5.92. The third kappa shape index (κ3) is 4.51. The summed E-state index contributed by atoms with van der Waals surface area (Å²) < 4.78 is 5.53. The van der Waals surface area contributed by atoms with Crippen molar-refractivity contribution in [1.82, 2.24) is 20.2 Å². The summed E-state index contributed by atoms with van der Waals surface area (Å²) in [6.45, 7) is 7.06. The second-order valence-corrected chi connectivity index (χ2v) is 9.16. The zero-order valence-electron chi connectivity index (χ0n) is 19.7. The third-order valence-electron chi connectivity index (χ3n) is 7.05. The van der Waals surface area contributed by atoms with Crippen LogP contribution in [0.5, 0.6) is 0 Å². The van der Waals surface area contributed by atoms with Crippen LogP contribution < -0.4 is 15.5 Å². The number of hydrogen-bond acceptors (Lipinski definition) is 8. The summed E-state index contributed by atoms with van der Waals surface area (Å²) in [7, 11) is 1.61. The first-order valence-electron chi connectivity index (χ1n) is 11.9. The van der Waals surface area contributed by atoms with E-state index in [4.69, 9.17) is 4.74 Å². The summed E-state index contributed by atoms with van der Waals surface area (Å²) in [4.78, 5) is 25.7. The van der Waals surface area contributed by atoms with Crippen molar-refractivity contribution in [2.45, 2.75) is 32.2 Å². The lowest BCUT2D eigenvalue weighted by atomic mass is 9.93. The number of carbonyl (C=O) groups excluding carboxylic acids is 1. The first-order chi connectivity index (χ1) is 16.6. The Morgan fingerprint density at radius 3 is 2.79 bits per heavy atom. The second kappa shape index (κ2) is 9.69. The molecule has 5 heterocycles. The molecule has 2 aromatic heterocycles. The lowest BCUT2D eigenvalue weighted by molar-refractivity contribution is -0.0779. The number of carbonyl (C=O) groups is 1. The number of nitrogens with one attached hydrogen (secondary N) is 2. The lowest BCUT2D eigenvalue weighted by Gasteiger charge is -2.47. The average molecular weight is 465 g/mol. The number of aromatic nitrogens is 2. The van der Waals surface area contributed by atoms with Crippen LogP contribution in [0.4, 0.5) is 11.4 Å². The molecule has 2 aromatic rings. The highest BCUT2D eigenvalue weighted by Crippen LogP contribution is 2.30. The van der Waals surface area contributed by atoms with Gasteiger partial charge in [-0.25, -0.2) is 4.98 Å². The number of hydrogen-bond donors (Lipinski definition) is 3. The fourth-order valence-corrected chi connectivity index (χ4v) is 4.90. The Morgan fingerprint density at radius 1 is 1.26 bits per heavy atom. The fourth-order valence-electron chi connectivity index (χ4n) is 4.90. The predicted octanol–water partition coefficient (Wildman–Crippen LogP) is 1.71. The van der Waals surface area contributed by atoms with Crippen molar-refractivity contribution in [2.24, 2.45) is 5.92 Å². The highest BCUT2D eigenvalue weighted by Gasteiger charge is 2.37. The molecule has 180 valence electrons. The minimum Gasteiger partial charge on any atom is -0.381 e. The monoisotopic (exact) mass is 464 g/mol. The van der Waals surface area contributed by atoms with E-state index in [1.807, 2.05) is 25.3 Å². The highest BCUT2D eigenvalue weighted by atomic mass is 16.5. The zero-order valence-corrected chi connectivity index (χ0v) is 19.7. The van der Waals surface area contributed by atoms with Gasteiger partial charge in [0, 0.05) is 51.4 Å². The van der Waals surface area contributed by atoms with E-state index < -0.39 is 6.23 Å². The molecular formula is C25H32N6O3. The molecule has 9 nitrogen and oxygen atoms in total. The van der Waals surface area contributed by atoms with Crippen molar-refractivity contribution in [3.05, 3.63) is 53.1 Å². The number of ether oxygens (including phenoxy) is 1. The van der Waals surface area contributed by atoms with Gasteiger partial charge in [0.05, 0.1) is 36.5 Å². The quantitative estimate of drug-likeness (QED) is 0.594. The van der Waals surface area contributed by atoms with Crippen LogP contribution in [0.25, 0.3) is 6.08 Å². The third-order valence-corrected chi connectivity index (χ3v) is 7.05. The Balaban J connectivity index is 1.30. The van der Waals surface area contributed by atoms with Crippen LogP contribution in [0.2, 0.25) is 0 Å². The summed E-state index contributed by atoms with van der Waals surface area (Å²) >= 11 is 0. The van der Waals surface area contributed by atoms with Crippen molar-refractivity contribution >= 4 is 23.4 Å². The number of aliphatic hydroxyl groups is 1. The smallest absolute Gasteiger partial charge is 0.269 e. The Labute approximate surface area is 199 Å². The van der Waals surface area contributed by atoms with Gasteiger partial charge in [-0.3, -0.25) is 14.7 Å². The first kappa shape index (κ1) is 22.8. The molecule has 3 aliphatic heterocycles. The number of rotatable bonds is 6. The number of nitrogens with zero attached hydrogens (tertiary/aromatic N) is 4. The van der Waals surface area contributed by atoms with Gasteiger partial charge in [0.25, 0.3) is 5.91 Å². The number of fused-ring (bicyclic) bond motifs is 1. The molecule has 1 amide bonds. The van der Waals surface area contributed by atoms with Crippen LogP contribution in [0.15, 0.2) is 36.2 Å². The molecule has 3 N–H and O–H groups in total. The van der Waals surface area contributed by atoms with E-state index in [0.717, 1.165) is 74.0 Å². The Hall–Kier alpha value is -3.01. The molecule has 0 spiro atoms. The number of anilines is 2. The zero-order chi connectivity index (χ0) is 23.7. The van der Waals surface area contributed by atoms with Gasteiger partial charge in [0.2, 0.25) is 0 Å². The molecule has 2 saturated heterocycles. The minimum atomic E-state index is -0.652. The minimum absolute atomic E-state index is 0.178. The van der Waals surface area contributed by atoms with E-state index in [2.05, 4.69) is 36.5 Å². The normalized spacial score (nSPS) is 22.9. The predicted molar refractivity (Wildman–Crippen MR) is 130 cm³/mol. The molecule has 34 heavy (non-hydrogen) atoms. The van der Waals surface area contributed by atoms with Gasteiger partial charge in [0.15, 0.2) is 0 Å². The van der Waals surface area contributed by atoms with Crippen molar-refractivity contribution in [3.8, 4) is 0 Å². The molecule has 0 radical (unpaired) electrons. The van der Waals surface area contributed by atoms with Crippen LogP contribution in [-0.4, -0.2) is 78.0 Å². The lowest BCUT2D eigenvalue weighted by Crippen LogP contribution is -2.59. The van der Waals surface area contributed by atoms with Crippen LogP contribution in [0.3, 0.4) is 0 Å². The van der Waals surface area contributed by atoms with Gasteiger partial charge < -0.3 is 25.4 Å². The standard InChI is InChI=1S/C25H32N6O3/c1-3-17-9-21-22(29-24(17)32)8-16(10-27-21)12-31-7-6-30(13-23(31)18-14-34-15-18)19-4-5-20(28-11-19)25(33)26-2/h4-5,8-11,18,23-24,29,32H,3,6-7,12-15H2,1-2H3,(H,26,33)/t23-,24?/m0/s1. The maximum atomic E-state index is 11.8. The van der Waals surface area contributed by atoms with Crippen LogP contribution >= 0.6 is 0 Å². The average Bonchev–Trinajstić information content (AvgIpc) is 2.83. The molecular weight excluding hydrogens is 432 g/mol.